The molecule has 0 aromatic heterocycles. The summed E-state index contributed by atoms with van der Waals surface area (Å²) in [5.41, 5.74) is 0. The van der Waals surface area contributed by atoms with Crippen molar-refractivity contribution < 1.29 is 4.79 Å². The smallest absolute Gasteiger partial charge is 0.236 e. The van der Waals surface area contributed by atoms with Crippen LogP contribution in [0, 0.1) is 5.92 Å². The number of likely N-dealkylation sites (N-methyl/N-ethyl adjacent to an activating group) is 1. The molecular weight excluding hydrogens is 214 g/mol. The molecule has 0 bridgehead atoms. The monoisotopic (exact) mass is 239 g/mol. The maximum Gasteiger partial charge on any atom is 0.236 e. The normalized spacial score (nSPS) is 25.2. The third-order valence-electron chi connectivity index (χ3n) is 3.91. The summed E-state index contributed by atoms with van der Waals surface area (Å²) in [4.78, 5) is 16.1. The zero-order chi connectivity index (χ0) is 12.3. The molecule has 0 aromatic carbocycles. The van der Waals surface area contributed by atoms with Crippen LogP contribution in [0.3, 0.4) is 0 Å². The van der Waals surface area contributed by atoms with Crippen LogP contribution in [0.15, 0.2) is 0 Å². The first kappa shape index (κ1) is 12.8. The van der Waals surface area contributed by atoms with Crippen molar-refractivity contribution in [1.29, 1.82) is 0 Å². The van der Waals surface area contributed by atoms with E-state index in [1.807, 2.05) is 11.9 Å². The molecule has 4 heteroatoms. The average molecular weight is 239 g/mol. The van der Waals surface area contributed by atoms with Gasteiger partial charge in [0.05, 0.1) is 6.54 Å². The lowest BCUT2D eigenvalue weighted by atomic mass is 10.1. The molecular formula is C13H25N3O. The van der Waals surface area contributed by atoms with Gasteiger partial charge in [0.25, 0.3) is 0 Å². The second-order valence-corrected chi connectivity index (χ2v) is 5.68. The first-order chi connectivity index (χ1) is 8.15. The Morgan fingerprint density at radius 3 is 2.76 bits per heavy atom. The highest BCUT2D eigenvalue weighted by Crippen LogP contribution is 2.19. The summed E-state index contributed by atoms with van der Waals surface area (Å²) in [5, 5.41) is 3.27. The second-order valence-electron chi connectivity index (χ2n) is 5.68. The molecule has 4 nitrogen and oxygen atoms in total. The molecule has 98 valence electrons. The molecule has 0 spiro atoms. The number of carbonyl (C=O) groups is 1. The maximum atomic E-state index is 11.8. The first-order valence-electron chi connectivity index (χ1n) is 6.81. The van der Waals surface area contributed by atoms with Crippen molar-refractivity contribution in [3.8, 4) is 0 Å². The van der Waals surface area contributed by atoms with Crippen molar-refractivity contribution in [3.63, 3.8) is 0 Å². The van der Waals surface area contributed by atoms with Crippen LogP contribution in [0.25, 0.3) is 0 Å². The lowest BCUT2D eigenvalue weighted by Gasteiger charge is -2.19. The molecule has 1 amide bonds. The molecule has 1 aliphatic carbocycles. The Labute approximate surface area is 104 Å². The average Bonchev–Trinajstić information content (AvgIpc) is 3.05. The summed E-state index contributed by atoms with van der Waals surface area (Å²) >= 11 is 0. The highest BCUT2D eigenvalue weighted by molar-refractivity contribution is 5.78. The Bertz CT molecular complexity index is 265. The highest BCUT2D eigenvalue weighted by Gasteiger charge is 2.23. The topological polar surface area (TPSA) is 35.6 Å². The summed E-state index contributed by atoms with van der Waals surface area (Å²) in [6, 6.07) is 0.621. The zero-order valence-corrected chi connectivity index (χ0v) is 11.1. The van der Waals surface area contributed by atoms with Crippen molar-refractivity contribution in [1.82, 2.24) is 15.1 Å². The molecule has 1 N–H and O–H groups in total. The van der Waals surface area contributed by atoms with E-state index in [4.69, 9.17) is 0 Å². The predicted molar refractivity (Wildman–Crippen MR) is 68.9 cm³/mol. The van der Waals surface area contributed by atoms with E-state index >= 15 is 0 Å². The minimum atomic E-state index is 0.239. The van der Waals surface area contributed by atoms with Crippen molar-refractivity contribution in [2.45, 2.75) is 31.7 Å². The van der Waals surface area contributed by atoms with E-state index in [1.165, 1.54) is 32.4 Å². The van der Waals surface area contributed by atoms with Gasteiger partial charge in [-0.05, 0) is 45.2 Å². The predicted octanol–water partition coefficient (Wildman–Crippen LogP) is 0.539. The number of hydrogen-bond donors (Lipinski definition) is 1. The Morgan fingerprint density at radius 2 is 2.18 bits per heavy atom. The van der Waals surface area contributed by atoms with Crippen LogP contribution >= 0.6 is 0 Å². The number of likely N-dealkylation sites (tertiary alicyclic amines) is 1. The molecule has 2 rings (SSSR count). The van der Waals surface area contributed by atoms with Crippen LogP contribution in [-0.2, 0) is 4.79 Å². The molecule has 1 aliphatic heterocycles. The van der Waals surface area contributed by atoms with Gasteiger partial charge in [-0.25, -0.2) is 0 Å². The van der Waals surface area contributed by atoms with E-state index in [9.17, 15) is 4.79 Å². The SMILES string of the molecule is CN1CCC(CCN(C)C(=O)CNC2CC2)C1. The van der Waals surface area contributed by atoms with Gasteiger partial charge in [0, 0.05) is 26.2 Å². The first-order valence-corrected chi connectivity index (χ1v) is 6.81. The largest absolute Gasteiger partial charge is 0.345 e. The van der Waals surface area contributed by atoms with Gasteiger partial charge in [-0.1, -0.05) is 0 Å². The van der Waals surface area contributed by atoms with Gasteiger partial charge in [0.2, 0.25) is 5.91 Å². The molecule has 1 saturated carbocycles. The van der Waals surface area contributed by atoms with E-state index in [0.717, 1.165) is 18.9 Å². The van der Waals surface area contributed by atoms with E-state index in [0.29, 0.717) is 12.6 Å². The Morgan fingerprint density at radius 1 is 1.41 bits per heavy atom. The van der Waals surface area contributed by atoms with E-state index in [1.54, 1.807) is 0 Å². The van der Waals surface area contributed by atoms with Gasteiger partial charge in [-0.15, -0.1) is 0 Å². The third kappa shape index (κ3) is 4.28. The van der Waals surface area contributed by atoms with E-state index < -0.39 is 0 Å². The summed E-state index contributed by atoms with van der Waals surface area (Å²) in [6.45, 7) is 3.84. The Kier molecular flexibility index (Phi) is 4.40. The molecule has 2 fully saturated rings. The standard InChI is InChI=1S/C13H25N3O/c1-15-7-5-11(10-15)6-8-16(2)13(17)9-14-12-3-4-12/h11-12,14H,3-10H2,1-2H3. The summed E-state index contributed by atoms with van der Waals surface area (Å²) < 4.78 is 0. The van der Waals surface area contributed by atoms with Crippen molar-refractivity contribution in [3.05, 3.63) is 0 Å². The third-order valence-corrected chi connectivity index (χ3v) is 3.91. The van der Waals surface area contributed by atoms with Crippen molar-refractivity contribution in [2.24, 2.45) is 5.92 Å². The lowest BCUT2D eigenvalue weighted by Crippen LogP contribution is -2.37. The van der Waals surface area contributed by atoms with Gasteiger partial charge >= 0.3 is 0 Å². The highest BCUT2D eigenvalue weighted by atomic mass is 16.2. The lowest BCUT2D eigenvalue weighted by molar-refractivity contribution is -0.129. The molecule has 1 atom stereocenters. The van der Waals surface area contributed by atoms with Crippen LogP contribution in [0.5, 0.6) is 0 Å². The fourth-order valence-corrected chi connectivity index (χ4v) is 2.42. The molecule has 1 saturated heterocycles. The number of nitrogens with one attached hydrogen (secondary N) is 1. The number of hydrogen-bond acceptors (Lipinski definition) is 3. The molecule has 1 heterocycles. The Hall–Kier alpha value is -0.610. The van der Waals surface area contributed by atoms with Gasteiger partial charge in [-0.2, -0.15) is 0 Å². The van der Waals surface area contributed by atoms with Gasteiger partial charge in [-0.3, -0.25) is 4.79 Å². The molecule has 1 unspecified atom stereocenters. The minimum Gasteiger partial charge on any atom is -0.345 e. The van der Waals surface area contributed by atoms with Crippen LogP contribution in [0.2, 0.25) is 0 Å². The number of amides is 1. The number of carbonyl (C=O) groups excluding carboxylic acids is 1. The number of nitrogens with zero attached hydrogens (tertiary/aromatic N) is 2. The maximum absolute atomic E-state index is 11.8. The van der Waals surface area contributed by atoms with Crippen molar-refractivity contribution in [2.75, 3.05) is 40.3 Å². The van der Waals surface area contributed by atoms with Crippen LogP contribution in [0.4, 0.5) is 0 Å². The van der Waals surface area contributed by atoms with Gasteiger partial charge in [0.15, 0.2) is 0 Å². The summed E-state index contributed by atoms with van der Waals surface area (Å²) in [5.74, 6) is 1.02. The molecule has 0 radical (unpaired) electrons. The number of rotatable bonds is 6. The molecule has 2 aliphatic rings. The summed E-state index contributed by atoms with van der Waals surface area (Å²) in [7, 11) is 4.10. The fourth-order valence-electron chi connectivity index (χ4n) is 2.42. The van der Waals surface area contributed by atoms with E-state index in [2.05, 4.69) is 17.3 Å². The molecule has 17 heavy (non-hydrogen) atoms. The van der Waals surface area contributed by atoms with Crippen LogP contribution < -0.4 is 5.32 Å². The van der Waals surface area contributed by atoms with Crippen LogP contribution in [-0.4, -0.2) is 62.0 Å². The van der Waals surface area contributed by atoms with Crippen molar-refractivity contribution >= 4 is 5.91 Å². The Balaban J connectivity index is 1.58. The zero-order valence-electron chi connectivity index (χ0n) is 11.1. The molecule has 0 aromatic rings. The minimum absolute atomic E-state index is 0.239. The van der Waals surface area contributed by atoms with E-state index in [-0.39, 0.29) is 5.91 Å². The van der Waals surface area contributed by atoms with Crippen LogP contribution in [0.1, 0.15) is 25.7 Å². The van der Waals surface area contributed by atoms with Gasteiger partial charge < -0.3 is 15.1 Å². The quantitative estimate of drug-likeness (QED) is 0.735. The second kappa shape index (κ2) is 5.83. The summed E-state index contributed by atoms with van der Waals surface area (Å²) in [6.07, 6.45) is 4.92. The van der Waals surface area contributed by atoms with Gasteiger partial charge in [0.1, 0.15) is 0 Å². The fraction of sp³-hybridized carbons (Fsp3) is 0.923.